The maximum Gasteiger partial charge on any atom is 0.335 e. The zero-order chi connectivity index (χ0) is 28.7. The van der Waals surface area contributed by atoms with Crippen LogP contribution in [-0.4, -0.2) is 56.3 Å². The first-order valence-electron chi connectivity index (χ1n) is 14.2. The number of nitrogens with zero attached hydrogens (tertiary/aromatic N) is 4. The van der Waals surface area contributed by atoms with Gasteiger partial charge in [-0.2, -0.15) is 0 Å². The number of imidazole rings is 1. The monoisotopic (exact) mass is 590 g/mol. The van der Waals surface area contributed by atoms with E-state index < -0.39 is 17.6 Å². The van der Waals surface area contributed by atoms with Crippen LogP contribution in [0.15, 0.2) is 48.7 Å². The summed E-state index contributed by atoms with van der Waals surface area (Å²) in [6, 6.07) is 12.2. The van der Waals surface area contributed by atoms with Crippen LogP contribution in [0.5, 0.6) is 11.5 Å². The molecule has 9 nitrogen and oxygen atoms in total. The van der Waals surface area contributed by atoms with Crippen molar-refractivity contribution in [2.75, 3.05) is 19.7 Å². The van der Waals surface area contributed by atoms with Crippen molar-refractivity contribution in [1.29, 1.82) is 0 Å². The highest BCUT2D eigenvalue weighted by atomic mass is 35.5. The van der Waals surface area contributed by atoms with Crippen LogP contribution in [-0.2, 0) is 23.6 Å². The van der Waals surface area contributed by atoms with Gasteiger partial charge in [-0.15, -0.1) is 0 Å². The zero-order valence-electron chi connectivity index (χ0n) is 22.8. The summed E-state index contributed by atoms with van der Waals surface area (Å²) >= 11 is 6.03. The molecule has 2 saturated heterocycles. The summed E-state index contributed by atoms with van der Waals surface area (Å²) in [7, 11) is 0. The minimum atomic E-state index is -1.16. The molecule has 5 heterocycles. The molecule has 11 heteroatoms. The van der Waals surface area contributed by atoms with Gasteiger partial charge in [0.1, 0.15) is 17.0 Å². The number of pyridine rings is 1. The Morgan fingerprint density at radius 3 is 2.69 bits per heavy atom. The highest BCUT2D eigenvalue weighted by molar-refractivity contribution is 6.30. The maximum atomic E-state index is 14.9. The molecule has 4 aromatic rings. The predicted molar refractivity (Wildman–Crippen MR) is 150 cm³/mol. The van der Waals surface area contributed by atoms with Crippen LogP contribution in [0, 0.1) is 17.7 Å². The average molecular weight is 591 g/mol. The number of likely N-dealkylation sites (tertiary alicyclic amines) is 1. The van der Waals surface area contributed by atoms with Crippen LogP contribution in [0.3, 0.4) is 0 Å². The lowest BCUT2D eigenvalue weighted by atomic mass is 10.0. The van der Waals surface area contributed by atoms with Crippen molar-refractivity contribution in [3.63, 3.8) is 0 Å². The lowest BCUT2D eigenvalue weighted by Gasteiger charge is -2.28. The molecule has 5 atom stereocenters. The summed E-state index contributed by atoms with van der Waals surface area (Å²) in [6.07, 6.45) is 2.52. The molecule has 1 saturated carbocycles. The fourth-order valence-corrected chi connectivity index (χ4v) is 6.98. The molecule has 0 spiro atoms. The molecule has 0 bridgehead atoms. The van der Waals surface area contributed by atoms with Crippen LogP contribution in [0.25, 0.3) is 11.0 Å². The smallest absolute Gasteiger partial charge is 0.335 e. The number of ether oxygens (including phenoxy) is 3. The molecule has 0 radical (unpaired) electrons. The third-order valence-electron chi connectivity index (χ3n) is 9.11. The van der Waals surface area contributed by atoms with E-state index >= 15 is 0 Å². The van der Waals surface area contributed by atoms with Gasteiger partial charge in [0, 0.05) is 38.4 Å². The SMILES string of the molecule is C[C@@]1(c2ccc(Cl)cn2)Oc2cccc(C3[C@H]4CN(Cc5nc6c(F)cc(C(=O)O)cc6n5C[C@@H]5CCO5)C[C@@H]34)c2O1. The highest BCUT2D eigenvalue weighted by Crippen LogP contribution is 2.62. The summed E-state index contributed by atoms with van der Waals surface area (Å²) in [5.41, 5.74) is 2.41. The van der Waals surface area contributed by atoms with Crippen LogP contribution in [0.1, 0.15) is 46.7 Å². The quantitative estimate of drug-likeness (QED) is 0.314. The summed E-state index contributed by atoms with van der Waals surface area (Å²) < 4.78 is 35.2. The Balaban J connectivity index is 1.01. The number of carboxylic acids is 1. The van der Waals surface area contributed by atoms with E-state index in [9.17, 15) is 14.3 Å². The number of halogens is 2. The largest absolute Gasteiger partial charge is 0.478 e. The normalized spacial score (nSPS) is 27.7. The van der Waals surface area contributed by atoms with Crippen LogP contribution in [0.4, 0.5) is 4.39 Å². The second-order valence-electron chi connectivity index (χ2n) is 11.8. The van der Waals surface area contributed by atoms with Crippen LogP contribution < -0.4 is 9.47 Å². The number of fused-ring (bicyclic) bond motifs is 3. The molecular formula is C31H28ClFN4O5. The van der Waals surface area contributed by atoms with E-state index in [2.05, 4.69) is 20.9 Å². The maximum absolute atomic E-state index is 14.9. The summed E-state index contributed by atoms with van der Waals surface area (Å²) in [5.74, 6) is 0.678. The van der Waals surface area contributed by atoms with Gasteiger partial charge in [0.15, 0.2) is 17.3 Å². The Labute approximate surface area is 245 Å². The van der Waals surface area contributed by atoms with Crippen molar-refractivity contribution < 1.29 is 28.5 Å². The molecule has 3 fully saturated rings. The minimum absolute atomic E-state index is 0.0187. The van der Waals surface area contributed by atoms with Crippen molar-refractivity contribution in [1.82, 2.24) is 19.4 Å². The molecule has 216 valence electrons. The van der Waals surface area contributed by atoms with E-state index in [-0.39, 0.29) is 17.2 Å². The van der Waals surface area contributed by atoms with E-state index in [0.717, 1.165) is 42.7 Å². The topological polar surface area (TPSA) is 98.9 Å². The molecule has 0 amide bonds. The highest BCUT2D eigenvalue weighted by Gasteiger charge is 2.58. The van der Waals surface area contributed by atoms with Crippen molar-refractivity contribution in [3.05, 3.63) is 82.1 Å². The number of carbonyl (C=O) groups is 1. The van der Waals surface area contributed by atoms with Gasteiger partial charge in [-0.25, -0.2) is 14.2 Å². The van der Waals surface area contributed by atoms with Gasteiger partial charge in [0.2, 0.25) is 0 Å². The van der Waals surface area contributed by atoms with E-state index in [1.165, 1.54) is 6.07 Å². The van der Waals surface area contributed by atoms with Gasteiger partial charge in [-0.3, -0.25) is 9.88 Å². The number of hydrogen-bond donors (Lipinski definition) is 1. The first-order chi connectivity index (χ1) is 20.3. The van der Waals surface area contributed by atoms with Gasteiger partial charge in [-0.1, -0.05) is 23.7 Å². The number of piperidine rings is 1. The van der Waals surface area contributed by atoms with Gasteiger partial charge < -0.3 is 23.9 Å². The summed E-state index contributed by atoms with van der Waals surface area (Å²) in [5, 5.41) is 10.0. The lowest BCUT2D eigenvalue weighted by molar-refractivity contribution is -0.0721. The Morgan fingerprint density at radius 1 is 1.19 bits per heavy atom. The first kappa shape index (κ1) is 25.9. The zero-order valence-corrected chi connectivity index (χ0v) is 23.6. The Morgan fingerprint density at radius 2 is 2.00 bits per heavy atom. The molecule has 42 heavy (non-hydrogen) atoms. The van der Waals surface area contributed by atoms with Crippen LogP contribution >= 0.6 is 11.6 Å². The second-order valence-corrected chi connectivity index (χ2v) is 12.2. The second kappa shape index (κ2) is 9.39. The van der Waals surface area contributed by atoms with E-state index in [4.69, 9.17) is 25.8 Å². The number of aromatic nitrogens is 3. The predicted octanol–water partition coefficient (Wildman–Crippen LogP) is 5.20. The van der Waals surface area contributed by atoms with Gasteiger partial charge >= 0.3 is 5.97 Å². The molecule has 4 aliphatic rings. The molecule has 3 aliphatic heterocycles. The molecule has 1 aliphatic carbocycles. The number of hydrogen-bond acceptors (Lipinski definition) is 7. The Bertz CT molecular complexity index is 1730. The third kappa shape index (κ3) is 4.15. The van der Waals surface area contributed by atoms with Crippen molar-refractivity contribution in [2.24, 2.45) is 11.8 Å². The molecular weight excluding hydrogens is 563 g/mol. The van der Waals surface area contributed by atoms with Crippen molar-refractivity contribution in [2.45, 2.75) is 44.2 Å². The van der Waals surface area contributed by atoms with E-state index in [1.807, 2.05) is 29.7 Å². The summed E-state index contributed by atoms with van der Waals surface area (Å²) in [4.78, 5) is 23.0. The minimum Gasteiger partial charge on any atom is -0.478 e. The summed E-state index contributed by atoms with van der Waals surface area (Å²) in [6.45, 7) is 5.39. The van der Waals surface area contributed by atoms with Gasteiger partial charge in [0.25, 0.3) is 5.79 Å². The Kier molecular flexibility index (Phi) is 5.80. The van der Waals surface area contributed by atoms with E-state index in [0.29, 0.717) is 59.4 Å². The fourth-order valence-electron chi connectivity index (χ4n) is 6.87. The molecule has 2 aromatic carbocycles. The van der Waals surface area contributed by atoms with Crippen molar-refractivity contribution in [3.8, 4) is 11.5 Å². The van der Waals surface area contributed by atoms with Gasteiger partial charge in [0.05, 0.1) is 35.3 Å². The number of benzene rings is 2. The number of aromatic carboxylic acids is 1. The third-order valence-corrected chi connectivity index (χ3v) is 9.33. The first-order valence-corrected chi connectivity index (χ1v) is 14.5. The fraction of sp³-hybridized carbons (Fsp3) is 0.387. The molecule has 2 aromatic heterocycles. The lowest BCUT2D eigenvalue weighted by Crippen LogP contribution is -2.33. The average Bonchev–Trinajstić information content (AvgIpc) is 3.23. The number of rotatable bonds is 7. The molecule has 1 N–H and O–H groups in total. The molecule has 1 unspecified atom stereocenters. The standard InChI is InChI=1S/C31H28ClFN4O5/c1-31(25-6-5-17(32)11-34-25)41-24-4-2-3-19(29(24)42-31)27-20-13-36(14-21(20)27)15-26-35-28-22(33)9-16(30(38)39)10-23(28)37(26)12-18-7-8-40-18/h2-6,9-11,18,20-21,27H,7-8,12-15H2,1H3,(H,38,39)/t18-,20-,21+,27?,31+/m0/s1. The Hall–Kier alpha value is -3.73. The number of para-hydroxylation sites is 1. The number of carboxylic acid groups (broad SMARTS) is 1. The van der Waals surface area contributed by atoms with Gasteiger partial charge in [-0.05, 0) is 54.5 Å². The molecule has 8 rings (SSSR count). The van der Waals surface area contributed by atoms with Crippen LogP contribution in [0.2, 0.25) is 5.02 Å². The van der Waals surface area contributed by atoms with E-state index in [1.54, 1.807) is 12.3 Å². The van der Waals surface area contributed by atoms with Crippen molar-refractivity contribution >= 4 is 28.6 Å².